The molecule has 1 aromatic rings. The minimum Gasteiger partial charge on any atom is -0.374 e. The van der Waals surface area contributed by atoms with Crippen molar-refractivity contribution < 1.29 is 4.79 Å². The van der Waals surface area contributed by atoms with Crippen molar-refractivity contribution in [3.05, 3.63) is 29.8 Å². The third kappa shape index (κ3) is 4.62. The number of aryl methyl sites for hydroxylation is 1. The lowest BCUT2D eigenvalue weighted by Crippen LogP contribution is -2.53. The van der Waals surface area contributed by atoms with E-state index in [1.807, 2.05) is 31.2 Å². The minimum atomic E-state index is -0.313. The monoisotopic (exact) mass is 314 g/mol. The van der Waals surface area contributed by atoms with Crippen molar-refractivity contribution in [2.75, 3.05) is 18.4 Å². The molecule has 1 saturated heterocycles. The first-order chi connectivity index (χ1) is 11.0. The largest absolute Gasteiger partial charge is 0.374 e. The maximum absolute atomic E-state index is 12.9. The molecule has 0 saturated carbocycles. The quantitative estimate of drug-likeness (QED) is 0.848. The fourth-order valence-corrected chi connectivity index (χ4v) is 2.82. The Kier molecular flexibility index (Phi) is 5.86. The van der Waals surface area contributed by atoms with Gasteiger partial charge in [-0.25, -0.2) is 10.0 Å². The molecule has 0 aliphatic carbocycles. The number of carbonyl (C=O) groups excluding carboxylic acids is 1. The lowest BCUT2D eigenvalue weighted by molar-refractivity contribution is -0.147. The second kappa shape index (κ2) is 7.87. The minimum absolute atomic E-state index is 0.0134. The highest BCUT2D eigenvalue weighted by molar-refractivity contribution is 5.84. The predicted molar refractivity (Wildman–Crippen MR) is 91.3 cm³/mol. The number of benzene rings is 1. The summed E-state index contributed by atoms with van der Waals surface area (Å²) in [5, 5.41) is 15.7. The van der Waals surface area contributed by atoms with Crippen LogP contribution < -0.4 is 5.32 Å². The summed E-state index contributed by atoms with van der Waals surface area (Å²) in [6, 6.07) is 7.73. The van der Waals surface area contributed by atoms with E-state index in [4.69, 9.17) is 0 Å². The first-order valence-electron chi connectivity index (χ1n) is 8.33. The number of rotatable bonds is 5. The van der Waals surface area contributed by atoms with Crippen LogP contribution in [0.1, 0.15) is 38.7 Å². The van der Waals surface area contributed by atoms with Crippen molar-refractivity contribution in [2.45, 2.75) is 46.1 Å². The molecule has 2 rings (SSSR count). The Morgan fingerprint density at radius 3 is 2.52 bits per heavy atom. The lowest BCUT2D eigenvalue weighted by Gasteiger charge is -2.37. The Morgan fingerprint density at radius 2 is 1.91 bits per heavy atom. The number of nitrogens with zero attached hydrogens (tertiary/aromatic N) is 3. The van der Waals surface area contributed by atoms with Gasteiger partial charge in [0.05, 0.1) is 6.54 Å². The number of nitriles is 1. The molecule has 5 nitrogen and oxygen atoms in total. The zero-order valence-electron chi connectivity index (χ0n) is 14.2. The van der Waals surface area contributed by atoms with Gasteiger partial charge in [-0.3, -0.25) is 4.79 Å². The maximum atomic E-state index is 12.9. The van der Waals surface area contributed by atoms with Crippen LogP contribution in [0.2, 0.25) is 0 Å². The number of carbonyl (C=O) groups is 1. The Bertz CT molecular complexity index is 561. The summed E-state index contributed by atoms with van der Waals surface area (Å²) >= 11 is 0. The van der Waals surface area contributed by atoms with E-state index in [0.29, 0.717) is 19.0 Å². The molecule has 1 unspecified atom stereocenters. The van der Waals surface area contributed by atoms with Gasteiger partial charge in [0.15, 0.2) is 6.19 Å². The molecule has 5 heteroatoms. The number of anilines is 1. The van der Waals surface area contributed by atoms with Crippen LogP contribution in [0.15, 0.2) is 24.3 Å². The van der Waals surface area contributed by atoms with E-state index >= 15 is 0 Å². The summed E-state index contributed by atoms with van der Waals surface area (Å²) in [6.07, 6.45) is 4.77. The van der Waals surface area contributed by atoms with E-state index in [1.54, 1.807) is 5.01 Å². The number of hydrogen-bond acceptors (Lipinski definition) is 4. The molecule has 0 radical (unpaired) electrons. The summed E-state index contributed by atoms with van der Waals surface area (Å²) in [7, 11) is 0. The Hall–Kier alpha value is -2.22. The summed E-state index contributed by atoms with van der Waals surface area (Å²) in [6.45, 7) is 7.50. The molecule has 1 aromatic carbocycles. The molecule has 1 fully saturated rings. The van der Waals surface area contributed by atoms with Crippen molar-refractivity contribution in [1.82, 2.24) is 10.0 Å². The van der Waals surface area contributed by atoms with E-state index < -0.39 is 0 Å². The average molecular weight is 314 g/mol. The topological polar surface area (TPSA) is 59.4 Å². The van der Waals surface area contributed by atoms with Gasteiger partial charge in [0, 0.05) is 12.2 Å². The molecular formula is C18H26N4O. The van der Waals surface area contributed by atoms with E-state index in [9.17, 15) is 10.1 Å². The highest BCUT2D eigenvalue weighted by Crippen LogP contribution is 2.19. The molecule has 1 aliphatic rings. The van der Waals surface area contributed by atoms with E-state index in [0.717, 1.165) is 24.9 Å². The Labute approximate surface area is 138 Å². The molecule has 1 N–H and O–H groups in total. The predicted octanol–water partition coefficient (Wildman–Crippen LogP) is 3.14. The second-order valence-electron chi connectivity index (χ2n) is 6.58. The SMILES string of the molecule is Cc1ccc(NC(CC(C)C)C(=O)N2CCCCN2C#N)cc1. The Morgan fingerprint density at radius 1 is 1.26 bits per heavy atom. The molecule has 0 spiro atoms. The number of amides is 1. The van der Waals surface area contributed by atoms with Crippen LogP contribution in [0.5, 0.6) is 0 Å². The van der Waals surface area contributed by atoms with Crippen LogP contribution in [-0.2, 0) is 4.79 Å². The zero-order valence-corrected chi connectivity index (χ0v) is 14.2. The summed E-state index contributed by atoms with van der Waals surface area (Å²) < 4.78 is 0. The molecule has 124 valence electrons. The fourth-order valence-electron chi connectivity index (χ4n) is 2.82. The summed E-state index contributed by atoms with van der Waals surface area (Å²) in [4.78, 5) is 12.9. The molecular weight excluding hydrogens is 288 g/mol. The molecule has 0 aromatic heterocycles. The molecule has 1 atom stereocenters. The highest BCUT2D eigenvalue weighted by atomic mass is 16.2. The summed E-state index contributed by atoms with van der Waals surface area (Å²) in [5.74, 6) is 0.378. The number of hydrazine groups is 1. The Balaban J connectivity index is 2.14. The highest BCUT2D eigenvalue weighted by Gasteiger charge is 2.30. The van der Waals surface area contributed by atoms with Gasteiger partial charge in [0.1, 0.15) is 6.04 Å². The van der Waals surface area contributed by atoms with Crippen molar-refractivity contribution in [3.63, 3.8) is 0 Å². The molecule has 23 heavy (non-hydrogen) atoms. The van der Waals surface area contributed by atoms with Gasteiger partial charge in [0.25, 0.3) is 5.91 Å². The summed E-state index contributed by atoms with van der Waals surface area (Å²) in [5.41, 5.74) is 2.13. The van der Waals surface area contributed by atoms with Crippen molar-refractivity contribution in [3.8, 4) is 6.19 Å². The molecule has 1 heterocycles. The third-order valence-corrected chi connectivity index (χ3v) is 4.05. The van der Waals surface area contributed by atoms with E-state index in [1.165, 1.54) is 10.6 Å². The van der Waals surface area contributed by atoms with Gasteiger partial charge in [-0.15, -0.1) is 0 Å². The van der Waals surface area contributed by atoms with Crippen molar-refractivity contribution in [1.29, 1.82) is 5.26 Å². The van der Waals surface area contributed by atoms with E-state index in [-0.39, 0.29) is 11.9 Å². The van der Waals surface area contributed by atoms with Gasteiger partial charge in [-0.05, 0) is 44.2 Å². The fraction of sp³-hybridized carbons (Fsp3) is 0.556. The molecule has 1 aliphatic heterocycles. The standard InChI is InChI=1S/C18H26N4O/c1-14(2)12-17(20-16-8-6-15(3)7-9-16)18(23)22-11-5-4-10-21(22)13-19/h6-9,14,17,20H,4-5,10-12H2,1-3H3. The third-order valence-electron chi connectivity index (χ3n) is 4.05. The molecule has 0 bridgehead atoms. The van der Waals surface area contributed by atoms with Gasteiger partial charge < -0.3 is 5.32 Å². The second-order valence-corrected chi connectivity index (χ2v) is 6.58. The van der Waals surface area contributed by atoms with Crippen LogP contribution in [-0.4, -0.2) is 35.1 Å². The first-order valence-corrected chi connectivity index (χ1v) is 8.33. The normalized spacial score (nSPS) is 16.1. The van der Waals surface area contributed by atoms with Gasteiger partial charge in [0.2, 0.25) is 0 Å². The zero-order chi connectivity index (χ0) is 16.8. The van der Waals surface area contributed by atoms with Gasteiger partial charge in [-0.2, -0.15) is 5.26 Å². The van der Waals surface area contributed by atoms with Crippen LogP contribution in [0.3, 0.4) is 0 Å². The lowest BCUT2D eigenvalue weighted by atomic mass is 10.0. The van der Waals surface area contributed by atoms with Crippen LogP contribution >= 0.6 is 0 Å². The number of hydrogen-bond donors (Lipinski definition) is 1. The van der Waals surface area contributed by atoms with E-state index in [2.05, 4.69) is 25.4 Å². The number of nitrogens with one attached hydrogen (secondary N) is 1. The van der Waals surface area contributed by atoms with Gasteiger partial charge in [-0.1, -0.05) is 31.5 Å². The maximum Gasteiger partial charge on any atom is 0.264 e. The van der Waals surface area contributed by atoms with Crippen LogP contribution in [0.25, 0.3) is 0 Å². The van der Waals surface area contributed by atoms with Gasteiger partial charge >= 0.3 is 0 Å². The van der Waals surface area contributed by atoms with Crippen LogP contribution in [0, 0.1) is 24.3 Å². The van der Waals surface area contributed by atoms with Crippen LogP contribution in [0.4, 0.5) is 5.69 Å². The molecule has 1 amide bonds. The first kappa shape index (κ1) is 17.1. The smallest absolute Gasteiger partial charge is 0.264 e. The van der Waals surface area contributed by atoms with Crippen molar-refractivity contribution in [2.24, 2.45) is 5.92 Å². The van der Waals surface area contributed by atoms with Crippen molar-refractivity contribution >= 4 is 11.6 Å². The average Bonchev–Trinajstić information content (AvgIpc) is 2.55.